The molecule has 1 aliphatic heterocycles. The highest BCUT2D eigenvalue weighted by Gasteiger charge is 2.44. The molecule has 0 saturated heterocycles. The summed E-state index contributed by atoms with van der Waals surface area (Å²) in [6.45, 7) is 0. The summed E-state index contributed by atoms with van der Waals surface area (Å²) in [6.07, 6.45) is -2.60. The van der Waals surface area contributed by atoms with Gasteiger partial charge in [-0.3, -0.25) is 4.99 Å². The van der Waals surface area contributed by atoms with Gasteiger partial charge in [0.1, 0.15) is 5.92 Å². The second-order valence-corrected chi connectivity index (χ2v) is 2.59. The first-order valence-corrected chi connectivity index (χ1v) is 3.42. The van der Waals surface area contributed by atoms with Crippen LogP contribution in [0.5, 0.6) is 0 Å². The van der Waals surface area contributed by atoms with E-state index < -0.39 is 18.1 Å². The van der Waals surface area contributed by atoms with Crippen LogP contribution in [0, 0.1) is 17.2 Å². The molecule has 6 heteroatoms. The number of rotatable bonds is 0. The van der Waals surface area contributed by atoms with Crippen LogP contribution >= 0.6 is 0 Å². The second kappa shape index (κ2) is 3.09. The molecule has 0 saturated carbocycles. The van der Waals surface area contributed by atoms with E-state index in [-0.39, 0.29) is 5.70 Å². The quantitative estimate of drug-likeness (QED) is 0.617. The number of dihydropyridines is 1. The smallest absolute Gasteiger partial charge is 0.398 e. The molecule has 0 aromatic carbocycles. The molecular weight excluding hydrogens is 183 g/mol. The first-order valence-electron chi connectivity index (χ1n) is 3.42. The van der Waals surface area contributed by atoms with Crippen LogP contribution in [0.4, 0.5) is 13.2 Å². The van der Waals surface area contributed by atoms with E-state index in [2.05, 4.69) is 4.99 Å². The number of nitrogens with two attached hydrogens (primary N) is 1. The third-order valence-corrected chi connectivity index (χ3v) is 1.61. The standard InChI is InChI=1S/C7H6F3N3/c8-7(9,10)5-1-4(12)3-13-6(5)2-11/h1,3,5-6H,12H2. The van der Waals surface area contributed by atoms with Crippen LogP contribution in [0.3, 0.4) is 0 Å². The molecule has 3 nitrogen and oxygen atoms in total. The number of hydrogen-bond donors (Lipinski definition) is 1. The highest BCUT2D eigenvalue weighted by molar-refractivity contribution is 5.78. The Morgan fingerprint density at radius 3 is 2.62 bits per heavy atom. The zero-order chi connectivity index (χ0) is 10.1. The fourth-order valence-electron chi connectivity index (χ4n) is 0.988. The van der Waals surface area contributed by atoms with E-state index in [0.29, 0.717) is 0 Å². The van der Waals surface area contributed by atoms with Crippen molar-refractivity contribution in [1.82, 2.24) is 0 Å². The molecule has 13 heavy (non-hydrogen) atoms. The van der Waals surface area contributed by atoms with E-state index in [0.717, 1.165) is 12.3 Å². The van der Waals surface area contributed by atoms with Crippen molar-refractivity contribution >= 4 is 6.21 Å². The van der Waals surface area contributed by atoms with Crippen LogP contribution in [-0.2, 0) is 0 Å². The Morgan fingerprint density at radius 2 is 2.15 bits per heavy atom. The van der Waals surface area contributed by atoms with Gasteiger partial charge < -0.3 is 5.73 Å². The summed E-state index contributed by atoms with van der Waals surface area (Å²) >= 11 is 0. The minimum absolute atomic E-state index is 0.0613. The van der Waals surface area contributed by atoms with Crippen molar-refractivity contribution in [2.75, 3.05) is 0 Å². The Balaban J connectivity index is 2.95. The number of aliphatic imine (C=N–C) groups is 1. The van der Waals surface area contributed by atoms with E-state index in [9.17, 15) is 13.2 Å². The fraction of sp³-hybridized carbons (Fsp3) is 0.429. The summed E-state index contributed by atoms with van der Waals surface area (Å²) < 4.78 is 36.7. The Hall–Kier alpha value is -1.51. The van der Waals surface area contributed by atoms with Gasteiger partial charge in [-0.1, -0.05) is 0 Å². The van der Waals surface area contributed by atoms with Crippen molar-refractivity contribution in [3.8, 4) is 6.07 Å². The highest BCUT2D eigenvalue weighted by Crippen LogP contribution is 2.32. The lowest BCUT2D eigenvalue weighted by Crippen LogP contribution is -2.34. The van der Waals surface area contributed by atoms with E-state index >= 15 is 0 Å². The van der Waals surface area contributed by atoms with Crippen molar-refractivity contribution in [2.45, 2.75) is 12.2 Å². The summed E-state index contributed by atoms with van der Waals surface area (Å²) in [5, 5.41) is 8.38. The van der Waals surface area contributed by atoms with Crippen molar-refractivity contribution in [2.24, 2.45) is 16.6 Å². The van der Waals surface area contributed by atoms with Crippen LogP contribution in [0.2, 0.25) is 0 Å². The molecule has 0 aromatic heterocycles. The van der Waals surface area contributed by atoms with Gasteiger partial charge >= 0.3 is 6.18 Å². The Morgan fingerprint density at radius 1 is 1.54 bits per heavy atom. The molecule has 0 aromatic rings. The lowest BCUT2D eigenvalue weighted by atomic mass is 9.97. The summed E-state index contributed by atoms with van der Waals surface area (Å²) in [5.74, 6) is -1.89. The largest absolute Gasteiger partial charge is 0.398 e. The SMILES string of the molecule is N#CC1N=CC(N)=CC1C(F)(F)F. The number of nitriles is 1. The number of hydrogen-bond acceptors (Lipinski definition) is 3. The van der Waals surface area contributed by atoms with Crippen molar-refractivity contribution in [1.29, 1.82) is 5.26 Å². The van der Waals surface area contributed by atoms with Gasteiger partial charge in [0.2, 0.25) is 0 Å². The normalized spacial score (nSPS) is 28.0. The van der Waals surface area contributed by atoms with Gasteiger partial charge in [-0.15, -0.1) is 0 Å². The molecule has 2 N–H and O–H groups in total. The van der Waals surface area contributed by atoms with Gasteiger partial charge in [0.15, 0.2) is 6.04 Å². The molecule has 1 aliphatic rings. The first kappa shape index (κ1) is 9.58. The highest BCUT2D eigenvalue weighted by atomic mass is 19.4. The number of nitrogens with zero attached hydrogens (tertiary/aromatic N) is 2. The third-order valence-electron chi connectivity index (χ3n) is 1.61. The number of alkyl halides is 3. The summed E-state index contributed by atoms with van der Waals surface area (Å²) in [7, 11) is 0. The van der Waals surface area contributed by atoms with Gasteiger partial charge in [-0.2, -0.15) is 18.4 Å². The van der Waals surface area contributed by atoms with E-state index in [1.807, 2.05) is 0 Å². The predicted octanol–water partition coefficient (Wildman–Crippen LogP) is 0.984. The maximum absolute atomic E-state index is 12.2. The number of halogens is 3. The van der Waals surface area contributed by atoms with E-state index in [1.165, 1.54) is 6.07 Å². The molecule has 0 amide bonds. The zero-order valence-electron chi connectivity index (χ0n) is 6.42. The van der Waals surface area contributed by atoms with Crippen molar-refractivity contribution in [3.63, 3.8) is 0 Å². The second-order valence-electron chi connectivity index (χ2n) is 2.59. The third kappa shape index (κ3) is 1.99. The van der Waals surface area contributed by atoms with Gasteiger partial charge in [-0.05, 0) is 6.08 Å². The minimum Gasteiger partial charge on any atom is -0.398 e. The molecule has 1 heterocycles. The van der Waals surface area contributed by atoms with Gasteiger partial charge in [0.05, 0.1) is 6.07 Å². The summed E-state index contributed by atoms with van der Waals surface area (Å²) in [6, 6.07) is 0.0531. The van der Waals surface area contributed by atoms with Crippen LogP contribution in [0.1, 0.15) is 0 Å². The molecule has 2 atom stereocenters. The average molecular weight is 189 g/mol. The van der Waals surface area contributed by atoms with Crippen LogP contribution in [0.25, 0.3) is 0 Å². The van der Waals surface area contributed by atoms with Crippen molar-refractivity contribution < 1.29 is 13.2 Å². The molecule has 0 aliphatic carbocycles. The molecule has 0 bridgehead atoms. The Kier molecular flexibility index (Phi) is 2.28. The van der Waals surface area contributed by atoms with Crippen LogP contribution in [0.15, 0.2) is 16.8 Å². The first-order chi connectivity index (χ1) is 5.95. The van der Waals surface area contributed by atoms with Crippen molar-refractivity contribution in [3.05, 3.63) is 11.8 Å². The minimum atomic E-state index is -4.47. The monoisotopic (exact) mass is 189 g/mol. The molecule has 0 radical (unpaired) electrons. The summed E-state index contributed by atoms with van der Waals surface area (Å²) in [4.78, 5) is 3.38. The van der Waals surface area contributed by atoms with Gasteiger partial charge in [-0.25, -0.2) is 0 Å². The maximum atomic E-state index is 12.2. The fourth-order valence-corrected chi connectivity index (χ4v) is 0.988. The molecule has 2 unspecified atom stereocenters. The molecular formula is C7H6F3N3. The summed E-state index contributed by atoms with van der Waals surface area (Å²) in [5.41, 5.74) is 5.08. The molecule has 1 rings (SSSR count). The average Bonchev–Trinajstić information content (AvgIpc) is 2.03. The van der Waals surface area contributed by atoms with Crippen LogP contribution in [-0.4, -0.2) is 18.4 Å². The lowest BCUT2D eigenvalue weighted by Gasteiger charge is -2.21. The topological polar surface area (TPSA) is 62.2 Å². The number of allylic oxidation sites excluding steroid dienone is 1. The van der Waals surface area contributed by atoms with Gasteiger partial charge in [0.25, 0.3) is 0 Å². The predicted molar refractivity (Wildman–Crippen MR) is 39.7 cm³/mol. The zero-order valence-corrected chi connectivity index (χ0v) is 6.42. The van der Waals surface area contributed by atoms with Gasteiger partial charge in [0, 0.05) is 11.9 Å². The van der Waals surface area contributed by atoms with Crippen LogP contribution < -0.4 is 5.73 Å². The Labute approximate surface area is 72.4 Å². The lowest BCUT2D eigenvalue weighted by molar-refractivity contribution is -0.162. The Bertz CT molecular complexity index is 297. The van der Waals surface area contributed by atoms with E-state index in [1.54, 1.807) is 0 Å². The molecule has 70 valence electrons. The maximum Gasteiger partial charge on any atom is 0.398 e. The molecule has 0 spiro atoms. The van der Waals surface area contributed by atoms with E-state index in [4.69, 9.17) is 11.0 Å². The molecule has 0 fully saturated rings.